The van der Waals surface area contributed by atoms with E-state index in [0.717, 1.165) is 5.06 Å². The number of nitrogens with two attached hydrogens (primary N) is 1. The molecule has 1 heterocycles. The van der Waals surface area contributed by atoms with E-state index in [2.05, 4.69) is 0 Å². The van der Waals surface area contributed by atoms with Crippen molar-refractivity contribution in [2.24, 2.45) is 5.73 Å². The summed E-state index contributed by atoms with van der Waals surface area (Å²) in [5, 5.41) is 9.69. The van der Waals surface area contributed by atoms with Crippen LogP contribution in [0.3, 0.4) is 0 Å². The van der Waals surface area contributed by atoms with Gasteiger partial charge in [-0.25, -0.2) is 4.39 Å². The average molecular weight is 253 g/mol. The van der Waals surface area contributed by atoms with Gasteiger partial charge in [0.25, 0.3) is 0 Å². The molecule has 1 fully saturated rings. The summed E-state index contributed by atoms with van der Waals surface area (Å²) >= 11 is 0. The van der Waals surface area contributed by atoms with Crippen molar-refractivity contribution in [3.63, 3.8) is 0 Å². The molecule has 0 bridgehead atoms. The Bertz CT molecular complexity index is 83.8. The molecule has 0 amide bonds. The van der Waals surface area contributed by atoms with Crippen molar-refractivity contribution in [3.8, 4) is 0 Å². The molecular formula is C6H15FN3OY-. The fourth-order valence-electron chi connectivity index (χ4n) is 1.05. The van der Waals surface area contributed by atoms with Gasteiger partial charge in [0.2, 0.25) is 0 Å². The predicted octanol–water partition coefficient (Wildman–Crippen LogP) is 0.413. The number of hydrogen-bond acceptors (Lipinski definition) is 3. The molecule has 2 unspecified atom stereocenters. The minimum Gasteiger partial charge on any atom is -0.680 e. The van der Waals surface area contributed by atoms with Gasteiger partial charge in [0.15, 0.2) is 0 Å². The first-order chi connectivity index (χ1) is 5.18. The largest absolute Gasteiger partial charge is 0.680 e. The van der Waals surface area contributed by atoms with Crippen molar-refractivity contribution < 1.29 is 42.3 Å². The van der Waals surface area contributed by atoms with Crippen LogP contribution < -0.4 is 5.73 Å². The quantitative estimate of drug-likeness (QED) is 0.656. The Morgan fingerprint density at radius 1 is 1.50 bits per heavy atom. The summed E-state index contributed by atoms with van der Waals surface area (Å²) in [5.74, 6) is 0. The zero-order valence-electron chi connectivity index (χ0n) is 7.20. The van der Waals surface area contributed by atoms with Gasteiger partial charge < -0.3 is 16.7 Å². The SMILES string of the molecule is C[NH-].NC1CC(F)CN(O)C1.[Y]. The van der Waals surface area contributed by atoms with E-state index in [-0.39, 0.29) is 45.3 Å². The summed E-state index contributed by atoms with van der Waals surface area (Å²) in [4.78, 5) is 0. The molecule has 0 aromatic rings. The maximum Gasteiger partial charge on any atom is 0.117 e. The van der Waals surface area contributed by atoms with E-state index in [1.165, 1.54) is 7.05 Å². The van der Waals surface area contributed by atoms with E-state index in [9.17, 15) is 4.39 Å². The fraction of sp³-hybridized carbons (Fsp3) is 1.00. The van der Waals surface area contributed by atoms with E-state index in [1.807, 2.05) is 0 Å². The third-order valence-electron chi connectivity index (χ3n) is 1.41. The minimum atomic E-state index is -0.959. The van der Waals surface area contributed by atoms with Crippen LogP contribution in [-0.4, -0.2) is 42.6 Å². The third kappa shape index (κ3) is 6.40. The molecule has 4 nitrogen and oxygen atoms in total. The third-order valence-corrected chi connectivity index (χ3v) is 1.41. The van der Waals surface area contributed by atoms with E-state index >= 15 is 0 Å². The zero-order valence-corrected chi connectivity index (χ0v) is 10.0. The monoisotopic (exact) mass is 253 g/mol. The smallest absolute Gasteiger partial charge is 0.117 e. The molecule has 1 radical (unpaired) electrons. The maximum atomic E-state index is 12.4. The van der Waals surface area contributed by atoms with Crippen LogP contribution in [0.15, 0.2) is 0 Å². The van der Waals surface area contributed by atoms with Gasteiger partial charge in [0, 0.05) is 45.3 Å². The topological polar surface area (TPSA) is 73.3 Å². The van der Waals surface area contributed by atoms with Crippen LogP contribution >= 0.6 is 0 Å². The molecule has 1 saturated heterocycles. The predicted molar refractivity (Wildman–Crippen MR) is 41.1 cm³/mol. The second-order valence-corrected chi connectivity index (χ2v) is 2.46. The molecule has 0 saturated carbocycles. The number of hydroxylamine groups is 2. The van der Waals surface area contributed by atoms with Gasteiger partial charge in [-0.1, -0.05) is 0 Å². The number of hydrogen-bond donors (Lipinski definition) is 2. The van der Waals surface area contributed by atoms with E-state index in [0.29, 0.717) is 13.0 Å². The summed E-state index contributed by atoms with van der Waals surface area (Å²) in [6.45, 7) is 0.494. The molecule has 1 aliphatic heterocycles. The Hall–Kier alpha value is 0.874. The Morgan fingerprint density at radius 2 is 2.00 bits per heavy atom. The van der Waals surface area contributed by atoms with Gasteiger partial charge in [-0.15, -0.1) is 0 Å². The fourth-order valence-corrected chi connectivity index (χ4v) is 1.05. The Labute approximate surface area is 97.3 Å². The van der Waals surface area contributed by atoms with Crippen LogP contribution in [0.4, 0.5) is 4.39 Å². The molecule has 1 aliphatic rings. The van der Waals surface area contributed by atoms with Crippen LogP contribution in [0.25, 0.3) is 5.73 Å². The van der Waals surface area contributed by atoms with Crippen molar-refractivity contribution in [2.75, 3.05) is 20.1 Å². The molecule has 4 N–H and O–H groups in total. The summed E-state index contributed by atoms with van der Waals surface area (Å²) in [7, 11) is 1.25. The molecule has 71 valence electrons. The summed E-state index contributed by atoms with van der Waals surface area (Å²) in [5.41, 5.74) is 11.1. The van der Waals surface area contributed by atoms with Crippen LogP contribution in [0.5, 0.6) is 0 Å². The number of piperidine rings is 1. The van der Waals surface area contributed by atoms with Crippen LogP contribution in [0, 0.1) is 0 Å². The van der Waals surface area contributed by atoms with Crippen LogP contribution in [0.2, 0.25) is 0 Å². The molecule has 12 heavy (non-hydrogen) atoms. The molecule has 0 aromatic heterocycles. The minimum absolute atomic E-state index is 0. The number of halogens is 1. The zero-order chi connectivity index (χ0) is 8.85. The summed E-state index contributed by atoms with van der Waals surface area (Å²) in [6, 6.07) is -0.209. The molecule has 0 aromatic carbocycles. The number of nitrogens with one attached hydrogen (secondary N) is 1. The Balaban J connectivity index is 0. The summed E-state index contributed by atoms with van der Waals surface area (Å²) < 4.78 is 12.4. The van der Waals surface area contributed by atoms with Gasteiger partial charge in [-0.2, -0.15) is 12.1 Å². The van der Waals surface area contributed by atoms with Crippen LogP contribution in [0.1, 0.15) is 6.42 Å². The number of nitrogens with zero attached hydrogens (tertiary/aromatic N) is 1. The van der Waals surface area contributed by atoms with Crippen molar-refractivity contribution >= 4 is 0 Å². The van der Waals surface area contributed by atoms with Crippen molar-refractivity contribution in [1.82, 2.24) is 5.06 Å². The standard InChI is InChI=1S/C5H11FN2O.CH4N.Y/c6-4-1-5(7)3-8(9)2-4;1-2;/h4-5,9H,1-3,7H2;2H,1H3;/q;-1;. The number of alkyl halides is 1. The second-order valence-electron chi connectivity index (χ2n) is 2.46. The first kappa shape index (κ1) is 15.4. The van der Waals surface area contributed by atoms with Gasteiger partial charge >= 0.3 is 0 Å². The molecule has 0 spiro atoms. The second kappa shape index (κ2) is 8.47. The van der Waals surface area contributed by atoms with Gasteiger partial charge in [-0.05, 0) is 6.42 Å². The van der Waals surface area contributed by atoms with Crippen LogP contribution in [-0.2, 0) is 32.7 Å². The molecular weight excluding hydrogens is 238 g/mol. The van der Waals surface area contributed by atoms with Gasteiger partial charge in [0.1, 0.15) is 6.17 Å². The van der Waals surface area contributed by atoms with Gasteiger partial charge in [-0.3, -0.25) is 0 Å². The van der Waals surface area contributed by atoms with E-state index < -0.39 is 6.17 Å². The molecule has 2 atom stereocenters. The Morgan fingerprint density at radius 3 is 2.33 bits per heavy atom. The van der Waals surface area contributed by atoms with E-state index in [4.69, 9.17) is 16.7 Å². The van der Waals surface area contributed by atoms with Crippen molar-refractivity contribution in [3.05, 3.63) is 5.73 Å². The maximum absolute atomic E-state index is 12.4. The molecule has 1 rings (SSSR count). The Kier molecular flexibility index (Phi) is 10.8. The van der Waals surface area contributed by atoms with Crippen molar-refractivity contribution in [2.45, 2.75) is 18.6 Å². The normalized spacial score (nSPS) is 29.8. The van der Waals surface area contributed by atoms with E-state index in [1.54, 1.807) is 0 Å². The summed E-state index contributed by atoms with van der Waals surface area (Å²) in [6.07, 6.45) is -0.587. The molecule has 6 heteroatoms. The number of rotatable bonds is 0. The van der Waals surface area contributed by atoms with Crippen molar-refractivity contribution in [1.29, 1.82) is 0 Å². The first-order valence-corrected chi connectivity index (χ1v) is 3.52. The van der Waals surface area contributed by atoms with Gasteiger partial charge in [0.05, 0.1) is 6.54 Å². The first-order valence-electron chi connectivity index (χ1n) is 3.52. The molecule has 0 aliphatic carbocycles. The average Bonchev–Trinajstić information content (AvgIpc) is 1.88.